The molecule has 1 aliphatic heterocycles. The van der Waals surface area contributed by atoms with Crippen LogP contribution in [0.3, 0.4) is 0 Å². The molecule has 0 atom stereocenters. The number of fused-ring (bicyclic) bond motifs is 1. The molecule has 86 valence electrons. The summed E-state index contributed by atoms with van der Waals surface area (Å²) in [7, 11) is 1.53. The van der Waals surface area contributed by atoms with Crippen LogP contribution in [0.5, 0.6) is 0 Å². The summed E-state index contributed by atoms with van der Waals surface area (Å²) in [5, 5.41) is 9.16. The molecule has 0 saturated carbocycles. The molecule has 0 spiro atoms. The predicted molar refractivity (Wildman–Crippen MR) is 58.3 cm³/mol. The van der Waals surface area contributed by atoms with Gasteiger partial charge in [-0.15, -0.1) is 0 Å². The Morgan fingerprint density at radius 3 is 2.81 bits per heavy atom. The summed E-state index contributed by atoms with van der Waals surface area (Å²) in [6, 6.07) is 1.36. The van der Waals surface area contributed by atoms with Crippen LogP contribution >= 0.6 is 0 Å². The largest absolute Gasteiger partial charge is 0.341 e. The zero-order valence-corrected chi connectivity index (χ0v) is 9.15. The average molecular weight is 223 g/mol. The van der Waals surface area contributed by atoms with Gasteiger partial charge in [0.1, 0.15) is 5.82 Å². The molecular formula is C9H13N5O2. The Bertz CT molecular complexity index is 439. The second-order valence-electron chi connectivity index (χ2n) is 3.49. The second-order valence-corrected chi connectivity index (χ2v) is 3.49. The highest BCUT2D eigenvalue weighted by Crippen LogP contribution is 2.24. The van der Waals surface area contributed by atoms with Crippen molar-refractivity contribution in [3.05, 3.63) is 6.07 Å². The van der Waals surface area contributed by atoms with Gasteiger partial charge in [0.15, 0.2) is 5.82 Å². The molecule has 0 unspecified atom stereocenters. The van der Waals surface area contributed by atoms with E-state index in [0.717, 1.165) is 5.82 Å². The van der Waals surface area contributed by atoms with Crippen LogP contribution in [-0.2, 0) is 11.3 Å². The Balaban J connectivity index is 2.19. The number of anilines is 2. The molecule has 2 heterocycles. The number of aromatic nitrogens is 2. The van der Waals surface area contributed by atoms with Crippen molar-refractivity contribution in [2.45, 2.75) is 13.5 Å². The van der Waals surface area contributed by atoms with Crippen molar-refractivity contribution in [2.75, 3.05) is 23.8 Å². The molecule has 1 aromatic heterocycles. The highest BCUT2D eigenvalue weighted by molar-refractivity contribution is 5.93. The van der Waals surface area contributed by atoms with Crippen LogP contribution in [0, 0.1) is 0 Å². The van der Waals surface area contributed by atoms with Crippen LogP contribution in [0.4, 0.5) is 16.4 Å². The summed E-state index contributed by atoms with van der Waals surface area (Å²) < 4.78 is 1.70. The van der Waals surface area contributed by atoms with Crippen LogP contribution in [0.25, 0.3) is 0 Å². The lowest BCUT2D eigenvalue weighted by Crippen LogP contribution is -2.26. The van der Waals surface area contributed by atoms with Crippen molar-refractivity contribution in [3.63, 3.8) is 0 Å². The van der Waals surface area contributed by atoms with E-state index >= 15 is 0 Å². The Labute approximate surface area is 92.4 Å². The first kappa shape index (κ1) is 10.5. The molecule has 0 aromatic carbocycles. The average Bonchev–Trinajstić information content (AvgIpc) is 2.75. The fourth-order valence-corrected chi connectivity index (χ4v) is 1.66. The van der Waals surface area contributed by atoms with Crippen molar-refractivity contribution in [3.8, 4) is 0 Å². The first-order chi connectivity index (χ1) is 7.61. The number of nitrogens with one attached hydrogen (secondary N) is 2. The zero-order valence-electron chi connectivity index (χ0n) is 9.15. The van der Waals surface area contributed by atoms with Gasteiger partial charge in [-0.2, -0.15) is 5.10 Å². The molecule has 16 heavy (non-hydrogen) atoms. The van der Waals surface area contributed by atoms with E-state index in [-0.39, 0.29) is 11.9 Å². The first-order valence-corrected chi connectivity index (χ1v) is 4.96. The van der Waals surface area contributed by atoms with Gasteiger partial charge in [0, 0.05) is 26.6 Å². The van der Waals surface area contributed by atoms with Gasteiger partial charge < -0.3 is 5.32 Å². The fourth-order valence-electron chi connectivity index (χ4n) is 1.66. The summed E-state index contributed by atoms with van der Waals surface area (Å²) >= 11 is 0. The summed E-state index contributed by atoms with van der Waals surface area (Å²) in [4.78, 5) is 24.0. The number of carbonyl (C=O) groups excluding carboxylic acids is 2. The lowest BCUT2D eigenvalue weighted by Gasteiger charge is -2.10. The first-order valence-electron chi connectivity index (χ1n) is 4.96. The molecule has 2 rings (SSSR count). The minimum atomic E-state index is -0.328. The van der Waals surface area contributed by atoms with E-state index in [2.05, 4.69) is 15.7 Å². The van der Waals surface area contributed by atoms with Crippen molar-refractivity contribution in [2.24, 2.45) is 0 Å². The van der Waals surface area contributed by atoms with Crippen molar-refractivity contribution < 1.29 is 9.59 Å². The fraction of sp³-hybridized carbons (Fsp3) is 0.444. The van der Waals surface area contributed by atoms with Gasteiger partial charge in [-0.05, 0) is 0 Å². The smallest absolute Gasteiger partial charge is 0.320 e. The highest BCUT2D eigenvalue weighted by atomic mass is 16.2. The molecule has 2 N–H and O–H groups in total. The lowest BCUT2D eigenvalue weighted by atomic mass is 10.5. The van der Waals surface area contributed by atoms with Gasteiger partial charge >= 0.3 is 6.03 Å². The summed E-state index contributed by atoms with van der Waals surface area (Å²) in [6.07, 6.45) is 0. The highest BCUT2D eigenvalue weighted by Gasteiger charge is 2.24. The maximum Gasteiger partial charge on any atom is 0.320 e. The monoisotopic (exact) mass is 223 g/mol. The van der Waals surface area contributed by atoms with Crippen LogP contribution in [0.15, 0.2) is 6.07 Å². The molecule has 0 fully saturated rings. The topological polar surface area (TPSA) is 79.3 Å². The molecule has 3 amide bonds. The van der Waals surface area contributed by atoms with E-state index < -0.39 is 0 Å². The molecule has 0 aliphatic carbocycles. The summed E-state index contributed by atoms with van der Waals surface area (Å²) in [5.41, 5.74) is 0. The van der Waals surface area contributed by atoms with E-state index in [1.165, 1.54) is 14.0 Å². The van der Waals surface area contributed by atoms with Gasteiger partial charge in [-0.3, -0.25) is 15.0 Å². The van der Waals surface area contributed by atoms with Gasteiger partial charge in [-0.1, -0.05) is 0 Å². The van der Waals surface area contributed by atoms with Crippen LogP contribution in [-0.4, -0.2) is 35.3 Å². The van der Waals surface area contributed by atoms with Crippen LogP contribution < -0.4 is 15.5 Å². The number of hydrogen-bond acceptors (Lipinski definition) is 3. The predicted octanol–water partition coefficient (Wildman–Crippen LogP) is 0.000900. The maximum absolute atomic E-state index is 11.3. The molecule has 1 aliphatic rings. The van der Waals surface area contributed by atoms with Gasteiger partial charge in [-0.25, -0.2) is 9.48 Å². The number of carbonyl (C=O) groups is 2. The molecule has 0 radical (unpaired) electrons. The van der Waals surface area contributed by atoms with Gasteiger partial charge in [0.2, 0.25) is 5.91 Å². The van der Waals surface area contributed by atoms with E-state index in [4.69, 9.17) is 0 Å². The Morgan fingerprint density at radius 1 is 1.44 bits per heavy atom. The molecule has 0 bridgehead atoms. The Kier molecular flexibility index (Phi) is 2.51. The summed E-state index contributed by atoms with van der Waals surface area (Å²) in [5.74, 6) is 1.14. The molecule has 0 saturated heterocycles. The van der Waals surface area contributed by atoms with E-state index in [1.54, 1.807) is 15.6 Å². The molecule has 7 nitrogen and oxygen atoms in total. The Hall–Kier alpha value is -2.05. The number of nitrogens with zero attached hydrogens (tertiary/aromatic N) is 3. The minimum absolute atomic E-state index is 0.0230. The van der Waals surface area contributed by atoms with Gasteiger partial charge in [0.25, 0.3) is 0 Å². The number of amides is 3. The SMILES string of the molecule is CNC(=O)Nc1cc2n(n1)CCN2C(C)=O. The van der Waals surface area contributed by atoms with Gasteiger partial charge in [0.05, 0.1) is 6.54 Å². The van der Waals surface area contributed by atoms with E-state index in [0.29, 0.717) is 18.9 Å². The Morgan fingerprint density at radius 2 is 2.19 bits per heavy atom. The second kappa shape index (κ2) is 3.84. The maximum atomic E-state index is 11.3. The zero-order chi connectivity index (χ0) is 11.7. The minimum Gasteiger partial charge on any atom is -0.341 e. The van der Waals surface area contributed by atoms with E-state index in [1.807, 2.05) is 0 Å². The third-order valence-corrected chi connectivity index (χ3v) is 2.42. The number of hydrogen-bond donors (Lipinski definition) is 2. The van der Waals surface area contributed by atoms with Crippen molar-refractivity contribution in [1.29, 1.82) is 0 Å². The van der Waals surface area contributed by atoms with E-state index in [9.17, 15) is 9.59 Å². The number of rotatable bonds is 1. The molecular weight excluding hydrogens is 210 g/mol. The standard InChI is InChI=1S/C9H13N5O2/c1-6(15)13-3-4-14-8(13)5-7(12-14)11-9(16)10-2/h5H,3-4H2,1-2H3,(H2,10,11,12,16). The molecule has 1 aromatic rings. The van der Waals surface area contributed by atoms with Crippen LogP contribution in [0.2, 0.25) is 0 Å². The third-order valence-electron chi connectivity index (χ3n) is 2.42. The third kappa shape index (κ3) is 1.71. The van der Waals surface area contributed by atoms with Crippen molar-refractivity contribution in [1.82, 2.24) is 15.1 Å². The number of urea groups is 1. The summed E-state index contributed by atoms with van der Waals surface area (Å²) in [6.45, 7) is 2.80. The normalized spacial score (nSPS) is 13.5. The molecule has 7 heteroatoms. The van der Waals surface area contributed by atoms with Crippen molar-refractivity contribution >= 4 is 23.6 Å². The quantitative estimate of drug-likeness (QED) is 0.703. The lowest BCUT2D eigenvalue weighted by molar-refractivity contribution is -0.116. The van der Waals surface area contributed by atoms with Crippen LogP contribution in [0.1, 0.15) is 6.92 Å².